The molecule has 0 aliphatic carbocycles. The number of carbonyl (C=O) groups excluding carboxylic acids is 1. The number of fused-ring (bicyclic) bond motifs is 1. The molecule has 3 aromatic rings. The summed E-state index contributed by atoms with van der Waals surface area (Å²) in [7, 11) is 0. The van der Waals surface area contributed by atoms with Gasteiger partial charge in [0.2, 0.25) is 5.91 Å². The molecule has 2 aromatic heterocycles. The molecule has 6 nitrogen and oxygen atoms in total. The molecule has 1 saturated heterocycles. The molecule has 1 aliphatic heterocycles. The number of benzene rings is 1. The van der Waals surface area contributed by atoms with E-state index in [1.54, 1.807) is 0 Å². The van der Waals surface area contributed by atoms with Crippen LogP contribution in [-0.2, 0) is 11.3 Å². The van der Waals surface area contributed by atoms with Crippen molar-refractivity contribution < 1.29 is 4.79 Å². The first-order valence-corrected chi connectivity index (χ1v) is 9.36. The first-order chi connectivity index (χ1) is 13.1. The predicted molar refractivity (Wildman–Crippen MR) is 105 cm³/mol. The second-order valence-electron chi connectivity index (χ2n) is 7.19. The Balaban J connectivity index is 1.34. The lowest BCUT2D eigenvalue weighted by atomic mass is 10.0. The molecule has 27 heavy (non-hydrogen) atoms. The molecule has 6 heteroatoms. The Labute approximate surface area is 159 Å². The van der Waals surface area contributed by atoms with E-state index in [0.29, 0.717) is 13.1 Å². The number of imidazole rings is 1. The van der Waals surface area contributed by atoms with Crippen molar-refractivity contribution >= 4 is 11.6 Å². The van der Waals surface area contributed by atoms with E-state index in [1.807, 2.05) is 64.9 Å². The Kier molecular flexibility index (Phi) is 4.92. The van der Waals surface area contributed by atoms with Crippen LogP contribution >= 0.6 is 0 Å². The summed E-state index contributed by atoms with van der Waals surface area (Å²) in [4.78, 5) is 21.6. The predicted octanol–water partition coefficient (Wildman–Crippen LogP) is 1.99. The maximum atomic E-state index is 12.7. The van der Waals surface area contributed by atoms with Gasteiger partial charge in [0, 0.05) is 45.1 Å². The maximum absolute atomic E-state index is 12.7. The van der Waals surface area contributed by atoms with E-state index in [0.717, 1.165) is 36.5 Å². The summed E-state index contributed by atoms with van der Waals surface area (Å²) < 4.78 is 2.04. The van der Waals surface area contributed by atoms with Gasteiger partial charge in [-0.3, -0.25) is 9.69 Å². The van der Waals surface area contributed by atoms with Gasteiger partial charge in [-0.1, -0.05) is 35.9 Å². The quantitative estimate of drug-likeness (QED) is 0.770. The second-order valence-corrected chi connectivity index (χ2v) is 7.19. The molecule has 1 amide bonds. The van der Waals surface area contributed by atoms with Crippen LogP contribution in [0.4, 0.5) is 0 Å². The second kappa shape index (κ2) is 7.50. The molecule has 140 valence electrons. The van der Waals surface area contributed by atoms with Crippen molar-refractivity contribution in [2.75, 3.05) is 26.2 Å². The highest BCUT2D eigenvalue weighted by atomic mass is 16.2. The third-order valence-electron chi connectivity index (χ3n) is 5.19. The zero-order valence-corrected chi connectivity index (χ0v) is 15.6. The topological polar surface area (TPSA) is 66.9 Å². The third-order valence-corrected chi connectivity index (χ3v) is 5.19. The lowest BCUT2D eigenvalue weighted by molar-refractivity contribution is -0.134. The minimum atomic E-state index is -0.587. The average Bonchev–Trinajstić information content (AvgIpc) is 3.10. The highest BCUT2D eigenvalue weighted by Gasteiger charge is 2.26. The van der Waals surface area contributed by atoms with Gasteiger partial charge < -0.3 is 15.0 Å². The van der Waals surface area contributed by atoms with Crippen LogP contribution in [0, 0.1) is 6.92 Å². The van der Waals surface area contributed by atoms with Crippen molar-refractivity contribution in [3.05, 3.63) is 71.7 Å². The third kappa shape index (κ3) is 3.86. The van der Waals surface area contributed by atoms with Crippen molar-refractivity contribution in [3.63, 3.8) is 0 Å². The van der Waals surface area contributed by atoms with Gasteiger partial charge >= 0.3 is 0 Å². The van der Waals surface area contributed by atoms with Crippen molar-refractivity contribution in [1.82, 2.24) is 19.2 Å². The van der Waals surface area contributed by atoms with E-state index in [1.165, 1.54) is 5.56 Å². The largest absolute Gasteiger partial charge is 0.338 e. The van der Waals surface area contributed by atoms with Crippen LogP contribution in [0.3, 0.4) is 0 Å². The molecule has 0 radical (unpaired) electrons. The van der Waals surface area contributed by atoms with Crippen molar-refractivity contribution in [2.45, 2.75) is 19.5 Å². The standard InChI is InChI=1S/C21H25N5O/c1-16-5-7-17(8-6-16)20(22)21(27)25-12-10-24(11-13-25)14-18-15-26-9-3-2-4-19(26)23-18/h2-9,15,20H,10-14,22H2,1H3. The summed E-state index contributed by atoms with van der Waals surface area (Å²) in [6.07, 6.45) is 4.08. The van der Waals surface area contributed by atoms with E-state index in [2.05, 4.69) is 16.1 Å². The fraction of sp³-hybridized carbons (Fsp3) is 0.333. The Morgan fingerprint density at radius 1 is 1.11 bits per heavy atom. The van der Waals surface area contributed by atoms with Gasteiger partial charge in [0.05, 0.1) is 5.69 Å². The van der Waals surface area contributed by atoms with E-state index >= 15 is 0 Å². The summed E-state index contributed by atoms with van der Waals surface area (Å²) >= 11 is 0. The summed E-state index contributed by atoms with van der Waals surface area (Å²) in [5.74, 6) is 0.00577. The number of aryl methyl sites for hydroxylation is 1. The van der Waals surface area contributed by atoms with Gasteiger partial charge in [0.15, 0.2) is 0 Å². The Hall–Kier alpha value is -2.70. The van der Waals surface area contributed by atoms with Gasteiger partial charge in [-0.2, -0.15) is 0 Å². The molecule has 1 fully saturated rings. The smallest absolute Gasteiger partial charge is 0.244 e. The molecule has 0 spiro atoms. The van der Waals surface area contributed by atoms with Crippen LogP contribution < -0.4 is 5.73 Å². The van der Waals surface area contributed by atoms with Crippen molar-refractivity contribution in [2.24, 2.45) is 5.73 Å². The maximum Gasteiger partial charge on any atom is 0.244 e. The molecule has 0 saturated carbocycles. The van der Waals surface area contributed by atoms with Gasteiger partial charge in [-0.05, 0) is 24.6 Å². The van der Waals surface area contributed by atoms with Gasteiger partial charge in [0.1, 0.15) is 11.7 Å². The molecule has 1 aromatic carbocycles. The fourth-order valence-electron chi connectivity index (χ4n) is 3.53. The van der Waals surface area contributed by atoms with Gasteiger partial charge in [0.25, 0.3) is 0 Å². The van der Waals surface area contributed by atoms with Gasteiger partial charge in [-0.15, -0.1) is 0 Å². The summed E-state index contributed by atoms with van der Waals surface area (Å²) in [6, 6.07) is 13.3. The molecule has 3 heterocycles. The molecule has 1 atom stereocenters. The number of nitrogens with zero attached hydrogens (tertiary/aromatic N) is 4. The number of carbonyl (C=O) groups is 1. The Morgan fingerprint density at radius 2 is 1.85 bits per heavy atom. The van der Waals surface area contributed by atoms with E-state index in [-0.39, 0.29) is 5.91 Å². The monoisotopic (exact) mass is 363 g/mol. The number of aromatic nitrogens is 2. The first-order valence-electron chi connectivity index (χ1n) is 9.36. The molecule has 4 rings (SSSR count). The summed E-state index contributed by atoms with van der Waals surface area (Å²) in [5.41, 5.74) is 10.3. The molecular weight excluding hydrogens is 338 g/mol. The molecule has 0 bridgehead atoms. The average molecular weight is 363 g/mol. The highest BCUT2D eigenvalue weighted by molar-refractivity contribution is 5.83. The van der Waals surface area contributed by atoms with Crippen LogP contribution in [-0.4, -0.2) is 51.3 Å². The number of nitrogens with two attached hydrogens (primary N) is 1. The summed E-state index contributed by atoms with van der Waals surface area (Å²) in [5, 5.41) is 0. The first kappa shape index (κ1) is 17.7. The number of hydrogen-bond donors (Lipinski definition) is 1. The molecule has 1 aliphatic rings. The molecular formula is C21H25N5O. The lowest BCUT2D eigenvalue weighted by Gasteiger charge is -2.35. The van der Waals surface area contributed by atoms with Crippen LogP contribution in [0.2, 0.25) is 0 Å². The number of piperazine rings is 1. The minimum absolute atomic E-state index is 0.00577. The zero-order valence-electron chi connectivity index (χ0n) is 15.6. The minimum Gasteiger partial charge on any atom is -0.338 e. The lowest BCUT2D eigenvalue weighted by Crippen LogP contribution is -2.50. The van der Waals surface area contributed by atoms with Crippen molar-refractivity contribution in [1.29, 1.82) is 0 Å². The highest BCUT2D eigenvalue weighted by Crippen LogP contribution is 2.16. The van der Waals surface area contributed by atoms with Crippen LogP contribution in [0.25, 0.3) is 5.65 Å². The van der Waals surface area contributed by atoms with E-state index < -0.39 is 6.04 Å². The van der Waals surface area contributed by atoms with Crippen LogP contribution in [0.5, 0.6) is 0 Å². The van der Waals surface area contributed by atoms with E-state index in [9.17, 15) is 4.79 Å². The number of rotatable bonds is 4. The fourth-order valence-corrected chi connectivity index (χ4v) is 3.53. The number of amides is 1. The Morgan fingerprint density at radius 3 is 2.56 bits per heavy atom. The van der Waals surface area contributed by atoms with Crippen molar-refractivity contribution in [3.8, 4) is 0 Å². The van der Waals surface area contributed by atoms with Gasteiger partial charge in [-0.25, -0.2) is 4.98 Å². The SMILES string of the molecule is Cc1ccc(C(N)C(=O)N2CCN(Cc3cn4ccccc4n3)CC2)cc1. The number of hydrogen-bond acceptors (Lipinski definition) is 4. The zero-order chi connectivity index (χ0) is 18.8. The van der Waals surface area contributed by atoms with E-state index in [4.69, 9.17) is 5.73 Å². The normalized spacial score (nSPS) is 16.6. The van der Waals surface area contributed by atoms with Crippen LogP contribution in [0.1, 0.15) is 22.9 Å². The number of pyridine rings is 1. The van der Waals surface area contributed by atoms with Crippen LogP contribution in [0.15, 0.2) is 54.9 Å². The molecule has 2 N–H and O–H groups in total. The molecule has 1 unspecified atom stereocenters. The summed E-state index contributed by atoms with van der Waals surface area (Å²) in [6.45, 7) is 5.89. The Bertz CT molecular complexity index is 892.